The molecule has 180 valence electrons. The Morgan fingerprint density at radius 3 is 1.91 bits per heavy atom. The van der Waals surface area contributed by atoms with Crippen molar-refractivity contribution in [2.45, 2.75) is 44.3 Å². The number of nitrogens with zero attached hydrogens (tertiary/aromatic N) is 1. The van der Waals surface area contributed by atoms with Crippen LogP contribution < -0.4 is 17.7 Å². The largest absolute Gasteiger partial charge is 1.00 e. The third-order valence-electron chi connectivity index (χ3n) is 7.52. The Morgan fingerprint density at radius 2 is 1.35 bits per heavy atom. The van der Waals surface area contributed by atoms with Gasteiger partial charge in [-0.1, -0.05) is 54.6 Å². The standard InChI is InChI=1S/C29H33F2N2.ClH/c30-26-10-4-6-23(16-26)20-33(21-24-7-5-11-27(31)17-24)14-12-22(13-15-33)19-32-29-18-28(29)25-8-2-1-3-9-25;/h1-11,16-17,22,28-29,32H,12-15,18-21H2;1H/q+1;/p-1. The minimum Gasteiger partial charge on any atom is -1.00 e. The molecule has 3 aromatic carbocycles. The van der Waals surface area contributed by atoms with Gasteiger partial charge in [0.05, 0.1) is 13.1 Å². The van der Waals surface area contributed by atoms with Crippen LogP contribution >= 0.6 is 0 Å². The van der Waals surface area contributed by atoms with Gasteiger partial charge in [-0.2, -0.15) is 0 Å². The van der Waals surface area contributed by atoms with Crippen LogP contribution in [0.25, 0.3) is 0 Å². The predicted molar refractivity (Wildman–Crippen MR) is 129 cm³/mol. The van der Waals surface area contributed by atoms with Gasteiger partial charge in [-0.25, -0.2) is 8.78 Å². The Labute approximate surface area is 208 Å². The van der Waals surface area contributed by atoms with Crippen LogP contribution in [0.5, 0.6) is 0 Å². The third kappa shape index (κ3) is 6.24. The molecule has 2 atom stereocenters. The van der Waals surface area contributed by atoms with E-state index in [2.05, 4.69) is 35.6 Å². The van der Waals surface area contributed by atoms with Crippen molar-refractivity contribution in [1.82, 2.24) is 5.32 Å². The Morgan fingerprint density at radius 1 is 0.765 bits per heavy atom. The second-order valence-corrected chi connectivity index (χ2v) is 10.1. The number of hydrogen-bond donors (Lipinski definition) is 1. The zero-order chi connectivity index (χ0) is 22.7. The lowest BCUT2D eigenvalue weighted by Gasteiger charge is -2.44. The van der Waals surface area contributed by atoms with Gasteiger partial charge in [0, 0.05) is 35.9 Å². The summed E-state index contributed by atoms with van der Waals surface area (Å²) in [6.07, 6.45) is 3.51. The Balaban J connectivity index is 0.00000274. The summed E-state index contributed by atoms with van der Waals surface area (Å²) in [7, 11) is 0. The van der Waals surface area contributed by atoms with E-state index in [4.69, 9.17) is 0 Å². The molecule has 34 heavy (non-hydrogen) atoms. The van der Waals surface area contributed by atoms with Crippen LogP contribution in [0, 0.1) is 17.6 Å². The van der Waals surface area contributed by atoms with Gasteiger partial charge in [0.1, 0.15) is 24.7 Å². The monoisotopic (exact) mass is 482 g/mol. The van der Waals surface area contributed by atoms with Crippen LogP contribution in [0.2, 0.25) is 0 Å². The molecule has 1 N–H and O–H groups in total. The number of nitrogens with one attached hydrogen (secondary N) is 1. The number of piperidine rings is 1. The first kappa shape index (κ1) is 24.8. The first-order valence-corrected chi connectivity index (χ1v) is 12.2. The molecule has 1 aliphatic carbocycles. The van der Waals surface area contributed by atoms with E-state index in [1.807, 2.05) is 12.1 Å². The second-order valence-electron chi connectivity index (χ2n) is 10.1. The Bertz CT molecular complexity index is 1020. The lowest BCUT2D eigenvalue weighted by molar-refractivity contribution is -0.958. The zero-order valence-corrected chi connectivity index (χ0v) is 20.2. The normalized spacial score (nSPS) is 21.6. The highest BCUT2D eigenvalue weighted by molar-refractivity contribution is 5.27. The van der Waals surface area contributed by atoms with Gasteiger partial charge < -0.3 is 22.2 Å². The van der Waals surface area contributed by atoms with Crippen LogP contribution in [-0.2, 0) is 13.1 Å². The summed E-state index contributed by atoms with van der Waals surface area (Å²) in [5.41, 5.74) is 3.48. The maximum absolute atomic E-state index is 13.9. The van der Waals surface area contributed by atoms with E-state index in [0.717, 1.165) is 61.2 Å². The molecule has 1 saturated heterocycles. The van der Waals surface area contributed by atoms with E-state index in [1.165, 1.54) is 24.1 Å². The highest BCUT2D eigenvalue weighted by Crippen LogP contribution is 2.41. The van der Waals surface area contributed by atoms with Crippen molar-refractivity contribution >= 4 is 0 Å². The summed E-state index contributed by atoms with van der Waals surface area (Å²) in [5, 5.41) is 3.81. The van der Waals surface area contributed by atoms with Gasteiger partial charge in [0.2, 0.25) is 0 Å². The quantitative estimate of drug-likeness (QED) is 0.487. The molecule has 0 radical (unpaired) electrons. The highest BCUT2D eigenvalue weighted by atomic mass is 35.5. The van der Waals surface area contributed by atoms with Crippen molar-refractivity contribution in [3.05, 3.63) is 107 Å². The average Bonchev–Trinajstić information content (AvgIpc) is 3.59. The van der Waals surface area contributed by atoms with E-state index in [0.29, 0.717) is 17.9 Å². The topological polar surface area (TPSA) is 12.0 Å². The number of halogens is 3. The Kier molecular flexibility index (Phi) is 8.02. The molecule has 1 saturated carbocycles. The molecule has 5 heteroatoms. The molecule has 3 aromatic rings. The van der Waals surface area contributed by atoms with Crippen molar-refractivity contribution in [3.8, 4) is 0 Å². The third-order valence-corrected chi connectivity index (χ3v) is 7.52. The van der Waals surface area contributed by atoms with Crippen LogP contribution in [0.1, 0.15) is 41.9 Å². The van der Waals surface area contributed by atoms with Crippen molar-refractivity contribution in [2.24, 2.45) is 5.92 Å². The lowest BCUT2D eigenvalue weighted by atomic mass is 9.93. The van der Waals surface area contributed by atoms with E-state index < -0.39 is 0 Å². The number of benzene rings is 3. The van der Waals surface area contributed by atoms with Crippen LogP contribution in [0.3, 0.4) is 0 Å². The van der Waals surface area contributed by atoms with Crippen molar-refractivity contribution in [2.75, 3.05) is 19.6 Å². The van der Waals surface area contributed by atoms with Gasteiger partial charge in [-0.15, -0.1) is 0 Å². The first-order valence-electron chi connectivity index (χ1n) is 12.2. The summed E-state index contributed by atoms with van der Waals surface area (Å²) < 4.78 is 28.6. The SMILES string of the molecule is Fc1cccc(C[N+]2(Cc3cccc(F)c3)CCC(CNC3CC3c3ccccc3)CC2)c1.[Cl-]. The van der Waals surface area contributed by atoms with E-state index in [9.17, 15) is 8.78 Å². The smallest absolute Gasteiger partial charge is 0.123 e. The molecule has 2 aliphatic rings. The van der Waals surface area contributed by atoms with Crippen molar-refractivity contribution in [1.29, 1.82) is 0 Å². The fourth-order valence-corrected chi connectivity index (χ4v) is 5.60. The number of likely N-dealkylation sites (tertiary alicyclic amines) is 1. The highest BCUT2D eigenvalue weighted by Gasteiger charge is 2.39. The average molecular weight is 483 g/mol. The molecular formula is C29H33ClF2N2. The summed E-state index contributed by atoms with van der Waals surface area (Å²) in [5.74, 6) is 0.944. The molecule has 0 bridgehead atoms. The molecule has 1 aliphatic heterocycles. The number of rotatable bonds is 8. The van der Waals surface area contributed by atoms with E-state index in [1.54, 1.807) is 24.3 Å². The molecular weight excluding hydrogens is 450 g/mol. The molecule has 0 aromatic heterocycles. The van der Waals surface area contributed by atoms with E-state index in [-0.39, 0.29) is 24.0 Å². The minimum atomic E-state index is -0.187. The molecule has 1 heterocycles. The fraction of sp³-hybridized carbons (Fsp3) is 0.379. The fourth-order valence-electron chi connectivity index (χ4n) is 5.60. The van der Waals surface area contributed by atoms with Gasteiger partial charge >= 0.3 is 0 Å². The maximum Gasteiger partial charge on any atom is 0.123 e. The van der Waals surface area contributed by atoms with Gasteiger partial charge in [-0.3, -0.25) is 0 Å². The van der Waals surface area contributed by atoms with E-state index >= 15 is 0 Å². The molecule has 2 nitrogen and oxygen atoms in total. The van der Waals surface area contributed by atoms with Crippen molar-refractivity contribution < 1.29 is 25.7 Å². The molecule has 5 rings (SSSR count). The van der Waals surface area contributed by atoms with Crippen LogP contribution in [0.15, 0.2) is 78.9 Å². The Hall–Kier alpha value is -2.27. The summed E-state index contributed by atoms with van der Waals surface area (Å²) in [4.78, 5) is 0. The minimum absolute atomic E-state index is 0. The summed E-state index contributed by atoms with van der Waals surface area (Å²) in [6.45, 7) is 4.70. The number of quaternary nitrogens is 1. The zero-order valence-electron chi connectivity index (χ0n) is 19.5. The number of hydrogen-bond acceptors (Lipinski definition) is 1. The molecule has 0 spiro atoms. The van der Waals surface area contributed by atoms with Crippen LogP contribution in [-0.4, -0.2) is 30.2 Å². The molecule has 2 unspecified atom stereocenters. The van der Waals surface area contributed by atoms with Crippen LogP contribution in [0.4, 0.5) is 8.78 Å². The second kappa shape index (κ2) is 11.0. The maximum atomic E-state index is 13.9. The molecule has 2 fully saturated rings. The summed E-state index contributed by atoms with van der Waals surface area (Å²) in [6, 6.07) is 25.3. The predicted octanol–water partition coefficient (Wildman–Crippen LogP) is 3.04. The van der Waals surface area contributed by atoms with Crippen molar-refractivity contribution in [3.63, 3.8) is 0 Å². The first-order chi connectivity index (χ1) is 16.1. The summed E-state index contributed by atoms with van der Waals surface area (Å²) >= 11 is 0. The van der Waals surface area contributed by atoms with Gasteiger partial charge in [0.25, 0.3) is 0 Å². The van der Waals surface area contributed by atoms with Gasteiger partial charge in [0.15, 0.2) is 0 Å². The van der Waals surface area contributed by atoms with Gasteiger partial charge in [-0.05, 0) is 48.7 Å². The molecule has 0 amide bonds. The lowest BCUT2D eigenvalue weighted by Crippen LogP contribution is -3.00.